The summed E-state index contributed by atoms with van der Waals surface area (Å²) >= 11 is 6.06. The molecular weight excluding hydrogens is 363 g/mol. The maximum atomic E-state index is 13.9. The Morgan fingerprint density at radius 1 is 1.00 bits per heavy atom. The van der Waals surface area contributed by atoms with Gasteiger partial charge in [0.2, 0.25) is 5.91 Å². The number of nitrogens with zero attached hydrogens (tertiary/aromatic N) is 1. The number of nitrogens with one attached hydrogen (secondary N) is 1. The van der Waals surface area contributed by atoms with Gasteiger partial charge in [-0.1, -0.05) is 66.2 Å². The molecule has 1 amide bonds. The van der Waals surface area contributed by atoms with Gasteiger partial charge >= 0.3 is 0 Å². The van der Waals surface area contributed by atoms with Gasteiger partial charge in [-0.05, 0) is 30.8 Å². The van der Waals surface area contributed by atoms with Gasteiger partial charge in [-0.25, -0.2) is 4.39 Å². The normalized spacial score (nSPS) is 10.8. The predicted molar refractivity (Wildman–Crippen MR) is 108 cm³/mol. The molecule has 0 aliphatic carbocycles. The fourth-order valence-electron chi connectivity index (χ4n) is 2.91. The fraction of sp³-hybridized carbons (Fsp3) is 0.136. The van der Waals surface area contributed by atoms with Crippen molar-refractivity contribution in [2.24, 2.45) is 0 Å². The molecule has 3 rings (SSSR count). The first-order valence-corrected chi connectivity index (χ1v) is 8.98. The Labute approximate surface area is 163 Å². The van der Waals surface area contributed by atoms with Crippen LogP contribution in [0.2, 0.25) is 5.02 Å². The van der Waals surface area contributed by atoms with Crippen LogP contribution in [-0.2, 0) is 11.3 Å². The van der Waals surface area contributed by atoms with Gasteiger partial charge in [-0.3, -0.25) is 9.69 Å². The molecule has 3 aromatic carbocycles. The molecule has 0 saturated carbocycles. The van der Waals surface area contributed by atoms with Crippen molar-refractivity contribution in [1.82, 2.24) is 4.90 Å². The number of amides is 1. The third-order valence-corrected chi connectivity index (χ3v) is 4.54. The molecule has 0 aliphatic rings. The second-order valence-electron chi connectivity index (χ2n) is 6.33. The number of benzene rings is 3. The summed E-state index contributed by atoms with van der Waals surface area (Å²) in [4.78, 5) is 14.2. The van der Waals surface area contributed by atoms with Crippen LogP contribution in [0.5, 0.6) is 0 Å². The fourth-order valence-corrected chi connectivity index (χ4v) is 3.13. The standard InChI is InChI=1S/C22H20ClFN2O/c1-26(14-18-19(23)11-7-12-20(18)24)15-22(27)25-21-13-6-5-10-17(21)16-8-3-2-4-9-16/h2-13H,14-15H2,1H3,(H,25,27). The summed E-state index contributed by atoms with van der Waals surface area (Å²) in [6.07, 6.45) is 0. The molecular formula is C22H20ClFN2O. The van der Waals surface area contributed by atoms with E-state index < -0.39 is 0 Å². The molecule has 0 atom stereocenters. The van der Waals surface area contributed by atoms with Crippen molar-refractivity contribution in [3.63, 3.8) is 0 Å². The second kappa shape index (κ2) is 8.80. The van der Waals surface area contributed by atoms with E-state index in [1.165, 1.54) is 6.07 Å². The molecule has 27 heavy (non-hydrogen) atoms. The highest BCUT2D eigenvalue weighted by molar-refractivity contribution is 6.31. The van der Waals surface area contributed by atoms with Crippen LogP contribution >= 0.6 is 11.6 Å². The number of para-hydroxylation sites is 1. The summed E-state index contributed by atoms with van der Waals surface area (Å²) in [7, 11) is 1.76. The van der Waals surface area contributed by atoms with E-state index in [2.05, 4.69) is 5.32 Å². The van der Waals surface area contributed by atoms with E-state index >= 15 is 0 Å². The lowest BCUT2D eigenvalue weighted by atomic mass is 10.0. The first-order chi connectivity index (χ1) is 13.0. The van der Waals surface area contributed by atoms with E-state index in [9.17, 15) is 9.18 Å². The predicted octanol–water partition coefficient (Wildman–Crippen LogP) is 5.22. The smallest absolute Gasteiger partial charge is 0.238 e. The van der Waals surface area contributed by atoms with Crippen LogP contribution in [-0.4, -0.2) is 24.4 Å². The first-order valence-electron chi connectivity index (χ1n) is 8.60. The van der Waals surface area contributed by atoms with Gasteiger partial charge in [0, 0.05) is 28.4 Å². The van der Waals surface area contributed by atoms with Crippen LogP contribution in [0.4, 0.5) is 10.1 Å². The molecule has 3 aromatic rings. The minimum Gasteiger partial charge on any atom is -0.324 e. The van der Waals surface area contributed by atoms with Crippen LogP contribution in [0.1, 0.15) is 5.56 Å². The van der Waals surface area contributed by atoms with E-state index in [1.54, 1.807) is 24.1 Å². The molecule has 0 heterocycles. The van der Waals surface area contributed by atoms with Gasteiger partial charge in [0.15, 0.2) is 0 Å². The highest BCUT2D eigenvalue weighted by atomic mass is 35.5. The summed E-state index contributed by atoms with van der Waals surface area (Å²) < 4.78 is 13.9. The van der Waals surface area contributed by atoms with Crippen LogP contribution in [0.25, 0.3) is 11.1 Å². The Morgan fingerprint density at radius 3 is 2.44 bits per heavy atom. The molecule has 1 N–H and O–H groups in total. The molecule has 0 unspecified atom stereocenters. The number of hydrogen-bond donors (Lipinski definition) is 1. The average molecular weight is 383 g/mol. The number of anilines is 1. The Bertz CT molecular complexity index is 910. The van der Waals surface area contributed by atoms with Crippen LogP contribution in [0, 0.1) is 5.82 Å². The molecule has 138 valence electrons. The summed E-state index contributed by atoms with van der Waals surface area (Å²) in [5, 5.41) is 3.31. The summed E-state index contributed by atoms with van der Waals surface area (Å²) in [6.45, 7) is 0.368. The van der Waals surface area contributed by atoms with Gasteiger partial charge in [-0.15, -0.1) is 0 Å². The van der Waals surface area contributed by atoms with Crippen LogP contribution in [0.3, 0.4) is 0 Å². The van der Waals surface area contributed by atoms with Crippen LogP contribution < -0.4 is 5.32 Å². The molecule has 0 radical (unpaired) electrons. The van der Waals surface area contributed by atoms with E-state index in [-0.39, 0.29) is 24.8 Å². The molecule has 0 bridgehead atoms. The summed E-state index contributed by atoms with van der Waals surface area (Å²) in [5.74, 6) is -0.544. The Balaban J connectivity index is 1.68. The van der Waals surface area contributed by atoms with Crippen molar-refractivity contribution >= 4 is 23.2 Å². The van der Waals surface area contributed by atoms with Crippen molar-refractivity contribution in [2.75, 3.05) is 18.9 Å². The average Bonchev–Trinajstić information content (AvgIpc) is 2.66. The van der Waals surface area contributed by atoms with E-state index in [0.29, 0.717) is 10.6 Å². The van der Waals surface area contributed by atoms with E-state index in [0.717, 1.165) is 16.8 Å². The van der Waals surface area contributed by atoms with Gasteiger partial charge in [0.25, 0.3) is 0 Å². The Morgan fingerprint density at radius 2 is 1.70 bits per heavy atom. The zero-order valence-electron chi connectivity index (χ0n) is 15.0. The molecule has 5 heteroatoms. The van der Waals surface area contributed by atoms with Gasteiger partial charge < -0.3 is 5.32 Å². The first kappa shape index (κ1) is 19.1. The number of hydrogen-bond acceptors (Lipinski definition) is 2. The maximum Gasteiger partial charge on any atom is 0.238 e. The van der Waals surface area contributed by atoms with Gasteiger partial charge in [0.1, 0.15) is 5.82 Å². The zero-order chi connectivity index (χ0) is 19.2. The van der Waals surface area contributed by atoms with Crippen molar-refractivity contribution in [3.8, 4) is 11.1 Å². The van der Waals surface area contributed by atoms with Crippen LogP contribution in [0.15, 0.2) is 72.8 Å². The number of rotatable bonds is 6. The summed E-state index contributed by atoms with van der Waals surface area (Å²) in [5.41, 5.74) is 3.11. The SMILES string of the molecule is CN(CC(=O)Nc1ccccc1-c1ccccc1)Cc1c(F)cccc1Cl. The lowest BCUT2D eigenvalue weighted by molar-refractivity contribution is -0.117. The number of likely N-dealkylation sites (N-methyl/N-ethyl adjacent to an activating group) is 1. The minimum atomic E-state index is -0.371. The van der Waals surface area contributed by atoms with Crippen molar-refractivity contribution < 1.29 is 9.18 Å². The topological polar surface area (TPSA) is 32.3 Å². The molecule has 0 aromatic heterocycles. The highest BCUT2D eigenvalue weighted by Gasteiger charge is 2.14. The van der Waals surface area contributed by atoms with Crippen molar-refractivity contribution in [1.29, 1.82) is 0 Å². The molecule has 3 nitrogen and oxygen atoms in total. The van der Waals surface area contributed by atoms with Crippen molar-refractivity contribution in [2.45, 2.75) is 6.54 Å². The van der Waals surface area contributed by atoms with Crippen molar-refractivity contribution in [3.05, 3.63) is 89.2 Å². The number of carbonyl (C=O) groups is 1. The summed E-state index contributed by atoms with van der Waals surface area (Å²) in [6, 6.07) is 22.1. The highest BCUT2D eigenvalue weighted by Crippen LogP contribution is 2.27. The van der Waals surface area contributed by atoms with Gasteiger partial charge in [0.05, 0.1) is 6.54 Å². The second-order valence-corrected chi connectivity index (χ2v) is 6.74. The number of carbonyl (C=O) groups excluding carboxylic acids is 1. The minimum absolute atomic E-state index is 0.119. The zero-order valence-corrected chi connectivity index (χ0v) is 15.7. The largest absolute Gasteiger partial charge is 0.324 e. The lowest BCUT2D eigenvalue weighted by Crippen LogP contribution is -2.30. The quantitative estimate of drug-likeness (QED) is 0.634. The molecule has 0 saturated heterocycles. The van der Waals surface area contributed by atoms with Gasteiger partial charge in [-0.2, -0.15) is 0 Å². The van der Waals surface area contributed by atoms with E-state index in [1.807, 2.05) is 54.6 Å². The third kappa shape index (κ3) is 4.94. The maximum absolute atomic E-state index is 13.9. The monoisotopic (exact) mass is 382 g/mol. The molecule has 0 aliphatic heterocycles. The molecule has 0 fully saturated rings. The lowest BCUT2D eigenvalue weighted by Gasteiger charge is -2.18. The number of halogens is 2. The molecule has 0 spiro atoms. The third-order valence-electron chi connectivity index (χ3n) is 4.19. The Kier molecular flexibility index (Phi) is 6.22. The Hall–Kier alpha value is -2.69. The van der Waals surface area contributed by atoms with E-state index in [4.69, 9.17) is 11.6 Å².